The van der Waals surface area contributed by atoms with Gasteiger partial charge >= 0.3 is 0 Å². The summed E-state index contributed by atoms with van der Waals surface area (Å²) in [4.78, 5) is 18.1. The molecule has 0 saturated heterocycles. The predicted molar refractivity (Wildman–Crippen MR) is 153 cm³/mol. The Morgan fingerprint density at radius 3 is 2.56 bits per heavy atom. The predicted octanol–water partition coefficient (Wildman–Crippen LogP) is 4.85. The van der Waals surface area contributed by atoms with Gasteiger partial charge in [0.2, 0.25) is 0 Å². The lowest BCUT2D eigenvalue weighted by atomic mass is 9.45. The lowest BCUT2D eigenvalue weighted by molar-refractivity contribution is -0.180. The first kappa shape index (κ1) is 28.9. The molecule has 1 aromatic rings. The van der Waals surface area contributed by atoms with Crippen LogP contribution in [0.1, 0.15) is 76.8 Å². The van der Waals surface area contributed by atoms with Crippen molar-refractivity contribution in [3.63, 3.8) is 0 Å². The number of aliphatic hydroxyl groups is 2. The van der Waals surface area contributed by atoms with Crippen molar-refractivity contribution >= 4 is 22.1 Å². The molecule has 1 aromatic carbocycles. The number of hydrogen-bond donors (Lipinski definition) is 2. The van der Waals surface area contributed by atoms with E-state index < -0.39 is 39.6 Å². The summed E-state index contributed by atoms with van der Waals surface area (Å²) in [6.07, 6.45) is 9.95. The zero-order valence-corrected chi connectivity index (χ0v) is 24.8. The minimum Gasteiger partial charge on any atom is -0.393 e. The number of ketones is 1. The summed E-state index contributed by atoms with van der Waals surface area (Å²) in [5.41, 5.74) is 1.98. The summed E-state index contributed by atoms with van der Waals surface area (Å²) in [6, 6.07) is 6.55. The number of aliphatic imine (C=N–C) groups is 1. The Morgan fingerprint density at radius 2 is 1.85 bits per heavy atom. The molecule has 8 atom stereocenters. The number of allylic oxidation sites excluding steroid dienone is 4. The van der Waals surface area contributed by atoms with Crippen LogP contribution in [0.3, 0.4) is 0 Å². The van der Waals surface area contributed by atoms with Gasteiger partial charge in [0.1, 0.15) is 18.0 Å². The molecular formula is C32H40FNO6S. The molecule has 0 bridgehead atoms. The van der Waals surface area contributed by atoms with Gasteiger partial charge in [-0.3, -0.25) is 14.0 Å². The van der Waals surface area contributed by atoms with Gasteiger partial charge in [-0.15, -0.1) is 0 Å². The number of aliphatic hydroxyl groups excluding tert-OH is 1. The maximum Gasteiger partial charge on any atom is 0.264 e. The van der Waals surface area contributed by atoms with E-state index in [1.165, 1.54) is 28.9 Å². The van der Waals surface area contributed by atoms with Gasteiger partial charge < -0.3 is 10.2 Å². The van der Waals surface area contributed by atoms with Crippen molar-refractivity contribution in [2.75, 3.05) is 12.9 Å². The van der Waals surface area contributed by atoms with Crippen molar-refractivity contribution in [2.24, 2.45) is 33.6 Å². The molecule has 0 spiro atoms. The molecule has 3 saturated carbocycles. The van der Waals surface area contributed by atoms with Crippen LogP contribution in [0.15, 0.2) is 52.1 Å². The van der Waals surface area contributed by atoms with Crippen LogP contribution in [0.4, 0.5) is 4.39 Å². The molecule has 0 amide bonds. The van der Waals surface area contributed by atoms with Crippen LogP contribution in [0.25, 0.3) is 0 Å². The molecule has 222 valence electrons. The van der Waals surface area contributed by atoms with E-state index in [0.717, 1.165) is 43.9 Å². The van der Waals surface area contributed by atoms with Gasteiger partial charge in [0.25, 0.3) is 10.1 Å². The quantitative estimate of drug-likeness (QED) is 0.478. The van der Waals surface area contributed by atoms with Crippen LogP contribution < -0.4 is 0 Å². The number of carbonyl (C=O) groups excluding carboxylic acids is 1. The van der Waals surface area contributed by atoms with Crippen LogP contribution in [0.2, 0.25) is 0 Å². The molecule has 9 heteroatoms. The number of hydrogen-bond acceptors (Lipinski definition) is 7. The number of benzene rings is 1. The molecule has 7 nitrogen and oxygen atoms in total. The SMILES string of the molecule is CC12CC3=C(C=C1CCC1C2C(O)CC2(C)C1CCC2(O)C(=O)COS(C)(=O)=O)CCC(c1ccc(F)cc1)N=C3. The Balaban J connectivity index is 1.26. The number of carbonyl (C=O) groups is 1. The Morgan fingerprint density at radius 1 is 1.12 bits per heavy atom. The van der Waals surface area contributed by atoms with Crippen molar-refractivity contribution in [3.8, 4) is 0 Å². The third kappa shape index (κ3) is 4.67. The molecule has 0 radical (unpaired) electrons. The normalized spacial score (nSPS) is 40.1. The van der Waals surface area contributed by atoms with E-state index in [4.69, 9.17) is 9.18 Å². The molecule has 0 aromatic heterocycles. The molecule has 6 rings (SSSR count). The molecule has 3 fully saturated rings. The summed E-state index contributed by atoms with van der Waals surface area (Å²) in [5, 5.41) is 23.5. The second-order valence-corrected chi connectivity index (χ2v) is 15.2. The average Bonchev–Trinajstić information content (AvgIpc) is 3.03. The van der Waals surface area contributed by atoms with Crippen LogP contribution >= 0.6 is 0 Å². The number of fused-ring (bicyclic) bond motifs is 5. The maximum absolute atomic E-state index is 13.5. The van der Waals surface area contributed by atoms with Gasteiger partial charge in [-0.05, 0) is 103 Å². The van der Waals surface area contributed by atoms with Gasteiger partial charge in [-0.1, -0.05) is 37.6 Å². The molecular weight excluding hydrogens is 545 g/mol. The Bertz CT molecular complexity index is 1450. The fourth-order valence-corrected chi connectivity index (χ4v) is 9.66. The van der Waals surface area contributed by atoms with Crippen LogP contribution in [-0.4, -0.2) is 55.2 Å². The number of Topliss-reactive ketones (excluding diaryl/α,β-unsaturated/α-hetero) is 1. The summed E-state index contributed by atoms with van der Waals surface area (Å²) in [6.45, 7) is 3.46. The maximum atomic E-state index is 13.5. The summed E-state index contributed by atoms with van der Waals surface area (Å²) >= 11 is 0. The Labute approximate surface area is 241 Å². The van der Waals surface area contributed by atoms with Gasteiger partial charge in [-0.25, -0.2) is 4.39 Å². The second kappa shape index (κ2) is 9.93. The summed E-state index contributed by atoms with van der Waals surface area (Å²) in [5.74, 6) is -0.750. The van der Waals surface area contributed by atoms with Gasteiger partial charge in [0, 0.05) is 11.6 Å². The summed E-state index contributed by atoms with van der Waals surface area (Å²) in [7, 11) is -3.83. The van der Waals surface area contributed by atoms with Gasteiger partial charge in [-0.2, -0.15) is 8.42 Å². The fourth-order valence-electron chi connectivity index (χ4n) is 9.34. The van der Waals surface area contributed by atoms with Crippen molar-refractivity contribution in [3.05, 3.63) is 58.4 Å². The molecule has 4 aliphatic carbocycles. The van der Waals surface area contributed by atoms with Crippen molar-refractivity contribution in [1.29, 1.82) is 0 Å². The van der Waals surface area contributed by atoms with Crippen molar-refractivity contribution in [1.82, 2.24) is 0 Å². The lowest BCUT2D eigenvalue weighted by Gasteiger charge is -2.60. The minimum atomic E-state index is -3.83. The number of halogens is 1. The number of rotatable bonds is 5. The van der Waals surface area contributed by atoms with Gasteiger partial charge in [0.15, 0.2) is 5.78 Å². The van der Waals surface area contributed by atoms with E-state index in [9.17, 15) is 27.8 Å². The van der Waals surface area contributed by atoms with Crippen molar-refractivity contribution < 1.29 is 32.0 Å². The topological polar surface area (TPSA) is 113 Å². The third-order valence-corrected chi connectivity index (χ3v) is 11.9. The molecule has 1 aliphatic heterocycles. The van der Waals surface area contributed by atoms with Crippen LogP contribution in [0.5, 0.6) is 0 Å². The highest BCUT2D eigenvalue weighted by molar-refractivity contribution is 7.86. The molecule has 2 N–H and O–H groups in total. The van der Waals surface area contributed by atoms with Crippen LogP contribution in [0, 0.1) is 34.4 Å². The Hall–Kier alpha value is -2.20. The second-order valence-electron chi connectivity index (χ2n) is 13.5. The standard InChI is InChI=1S/C32H40FNO6S/c1-30-15-21-17-34-26(19-4-8-23(33)9-5-19)11-6-20(21)14-22(30)7-10-24-25-12-13-32(37,28(36)18-40-41(3,38)39)31(25,2)16-27(35)29(24)30/h4-5,8-9,14,17,24-27,29,35,37H,6-7,10-13,15-16,18H2,1-3H3. The van der Waals surface area contributed by atoms with E-state index in [1.54, 1.807) is 0 Å². The van der Waals surface area contributed by atoms with E-state index in [-0.39, 0.29) is 47.9 Å². The smallest absolute Gasteiger partial charge is 0.264 e. The monoisotopic (exact) mass is 585 g/mol. The fraction of sp³-hybridized carbons (Fsp3) is 0.625. The lowest BCUT2D eigenvalue weighted by Crippen LogP contribution is -2.62. The van der Waals surface area contributed by atoms with E-state index in [1.807, 2.05) is 25.3 Å². The average molecular weight is 586 g/mol. The molecule has 5 aliphatic rings. The molecule has 41 heavy (non-hydrogen) atoms. The highest BCUT2D eigenvalue weighted by Crippen LogP contribution is 2.68. The van der Waals surface area contributed by atoms with Gasteiger partial charge in [0.05, 0.1) is 18.4 Å². The number of nitrogens with zero attached hydrogens (tertiary/aromatic N) is 1. The van der Waals surface area contributed by atoms with Crippen molar-refractivity contribution in [2.45, 2.75) is 83.0 Å². The minimum absolute atomic E-state index is 0.0242. The zero-order valence-electron chi connectivity index (χ0n) is 24.0. The highest BCUT2D eigenvalue weighted by atomic mass is 32.2. The van der Waals surface area contributed by atoms with Crippen LogP contribution in [-0.2, 0) is 19.1 Å². The summed E-state index contributed by atoms with van der Waals surface area (Å²) < 4.78 is 41.3. The molecule has 1 heterocycles. The largest absolute Gasteiger partial charge is 0.393 e. The highest BCUT2D eigenvalue weighted by Gasteiger charge is 2.68. The molecule has 8 unspecified atom stereocenters. The third-order valence-electron chi connectivity index (χ3n) is 11.4. The van der Waals surface area contributed by atoms with E-state index >= 15 is 0 Å². The first-order chi connectivity index (χ1) is 19.2. The zero-order chi connectivity index (χ0) is 29.4. The first-order valence-corrected chi connectivity index (χ1v) is 16.6. The van der Waals surface area contributed by atoms with E-state index in [0.29, 0.717) is 6.42 Å². The first-order valence-electron chi connectivity index (χ1n) is 14.7. The Kier molecular flexibility index (Phi) is 7.00. The van der Waals surface area contributed by atoms with E-state index in [2.05, 4.69) is 13.0 Å².